The van der Waals surface area contributed by atoms with Crippen molar-refractivity contribution >= 4 is 11.7 Å². The number of aromatic nitrogens is 3. The lowest BCUT2D eigenvalue weighted by Crippen LogP contribution is -2.33. The van der Waals surface area contributed by atoms with Crippen LogP contribution < -0.4 is 5.32 Å². The molecule has 0 spiro atoms. The van der Waals surface area contributed by atoms with Gasteiger partial charge in [0.25, 0.3) is 0 Å². The molecule has 2 fully saturated rings. The maximum absolute atomic E-state index is 12.6. The van der Waals surface area contributed by atoms with Crippen LogP contribution in [0.15, 0.2) is 36.8 Å². The Bertz CT molecular complexity index is 696. The van der Waals surface area contributed by atoms with Gasteiger partial charge in [-0.05, 0) is 43.2 Å². The first-order valence-corrected chi connectivity index (χ1v) is 9.06. The minimum atomic E-state index is 0.138. The Kier molecular flexibility index (Phi) is 4.32. The lowest BCUT2D eigenvalue weighted by Gasteiger charge is -2.38. The Morgan fingerprint density at radius 2 is 1.83 bits per heavy atom. The zero-order valence-corrected chi connectivity index (χ0v) is 13.9. The number of nitrogens with zero attached hydrogens (tertiary/aromatic N) is 3. The van der Waals surface area contributed by atoms with Gasteiger partial charge in [-0.1, -0.05) is 25.7 Å². The van der Waals surface area contributed by atoms with Crippen molar-refractivity contribution in [3.05, 3.63) is 36.8 Å². The number of pyridine rings is 1. The van der Waals surface area contributed by atoms with Gasteiger partial charge in [-0.2, -0.15) is 5.10 Å². The standard InChI is InChI=1S/C19H24N4O/c24-19(16-6-5-14-3-1-2-4-15(14)13-16)21-18-9-12-23(22-18)17-7-10-20-11-8-17/h7-12,14-16H,1-6,13H2,(H,21,22,24). The highest BCUT2D eigenvalue weighted by molar-refractivity contribution is 5.91. The van der Waals surface area contributed by atoms with Gasteiger partial charge in [0.05, 0.1) is 5.69 Å². The van der Waals surface area contributed by atoms with Crippen LogP contribution >= 0.6 is 0 Å². The van der Waals surface area contributed by atoms with Crippen molar-refractivity contribution in [1.82, 2.24) is 14.8 Å². The van der Waals surface area contributed by atoms with E-state index < -0.39 is 0 Å². The third-order valence-electron chi connectivity index (χ3n) is 5.68. The number of nitrogens with one attached hydrogen (secondary N) is 1. The Hall–Kier alpha value is -2.17. The van der Waals surface area contributed by atoms with Crippen molar-refractivity contribution in [3.63, 3.8) is 0 Å². The third-order valence-corrected chi connectivity index (χ3v) is 5.68. The fourth-order valence-corrected chi connectivity index (χ4v) is 4.37. The molecule has 2 aromatic heterocycles. The summed E-state index contributed by atoms with van der Waals surface area (Å²) in [5.74, 6) is 2.54. The van der Waals surface area contributed by atoms with Crippen LogP contribution in [0.2, 0.25) is 0 Å². The maximum atomic E-state index is 12.6. The van der Waals surface area contributed by atoms with Crippen LogP contribution in [-0.4, -0.2) is 20.7 Å². The number of rotatable bonds is 3. The van der Waals surface area contributed by atoms with Crippen LogP contribution in [0, 0.1) is 17.8 Å². The quantitative estimate of drug-likeness (QED) is 0.934. The summed E-state index contributed by atoms with van der Waals surface area (Å²) < 4.78 is 1.76. The Morgan fingerprint density at radius 1 is 1.04 bits per heavy atom. The van der Waals surface area contributed by atoms with Gasteiger partial charge < -0.3 is 5.32 Å². The van der Waals surface area contributed by atoms with Gasteiger partial charge in [0.15, 0.2) is 5.82 Å². The van der Waals surface area contributed by atoms with Crippen LogP contribution in [0.4, 0.5) is 5.82 Å². The molecule has 1 amide bonds. The van der Waals surface area contributed by atoms with E-state index in [1.165, 1.54) is 32.1 Å². The van der Waals surface area contributed by atoms with Crippen molar-refractivity contribution < 1.29 is 4.79 Å². The van der Waals surface area contributed by atoms with E-state index in [0.29, 0.717) is 5.82 Å². The van der Waals surface area contributed by atoms with E-state index in [1.807, 2.05) is 24.4 Å². The summed E-state index contributed by atoms with van der Waals surface area (Å²) in [5.41, 5.74) is 0.938. The molecular formula is C19H24N4O. The molecule has 3 unspecified atom stereocenters. The first-order chi connectivity index (χ1) is 11.8. The first kappa shape index (κ1) is 15.4. The molecule has 5 heteroatoms. The van der Waals surface area contributed by atoms with E-state index in [9.17, 15) is 4.79 Å². The molecule has 2 aliphatic carbocycles. The van der Waals surface area contributed by atoms with E-state index in [0.717, 1.165) is 30.4 Å². The molecule has 24 heavy (non-hydrogen) atoms. The lowest BCUT2D eigenvalue weighted by atomic mass is 9.67. The van der Waals surface area contributed by atoms with Gasteiger partial charge in [0, 0.05) is 30.6 Å². The molecule has 126 valence electrons. The fraction of sp³-hybridized carbons (Fsp3) is 0.526. The molecule has 3 atom stereocenters. The van der Waals surface area contributed by atoms with E-state index in [2.05, 4.69) is 15.4 Å². The number of anilines is 1. The highest BCUT2D eigenvalue weighted by Gasteiger charge is 2.35. The topological polar surface area (TPSA) is 59.8 Å². The highest BCUT2D eigenvalue weighted by Crippen LogP contribution is 2.42. The molecule has 0 radical (unpaired) electrons. The lowest BCUT2D eigenvalue weighted by molar-refractivity contribution is -0.122. The second-order valence-corrected chi connectivity index (χ2v) is 7.15. The minimum absolute atomic E-state index is 0.138. The van der Waals surface area contributed by atoms with Crippen molar-refractivity contribution in [3.8, 4) is 5.69 Å². The monoisotopic (exact) mass is 324 g/mol. The SMILES string of the molecule is O=C(Nc1ccn(-c2ccncc2)n1)C1CCC2CCCCC2C1. The van der Waals surface area contributed by atoms with Crippen LogP contribution in [0.25, 0.3) is 5.69 Å². The molecule has 0 aliphatic heterocycles. The fourth-order valence-electron chi connectivity index (χ4n) is 4.37. The number of hydrogen-bond donors (Lipinski definition) is 1. The summed E-state index contributed by atoms with van der Waals surface area (Å²) in [5, 5.41) is 7.46. The summed E-state index contributed by atoms with van der Waals surface area (Å²) in [6.07, 6.45) is 14.0. The molecule has 1 N–H and O–H groups in total. The van der Waals surface area contributed by atoms with Crippen molar-refractivity contribution in [2.24, 2.45) is 17.8 Å². The smallest absolute Gasteiger partial charge is 0.228 e. The molecular weight excluding hydrogens is 300 g/mol. The molecule has 0 bridgehead atoms. The van der Waals surface area contributed by atoms with Gasteiger partial charge in [-0.15, -0.1) is 0 Å². The number of hydrogen-bond acceptors (Lipinski definition) is 3. The molecule has 2 aromatic rings. The zero-order valence-electron chi connectivity index (χ0n) is 13.9. The maximum Gasteiger partial charge on any atom is 0.228 e. The van der Waals surface area contributed by atoms with Crippen molar-refractivity contribution in [2.75, 3.05) is 5.32 Å². The normalized spacial score (nSPS) is 26.6. The Morgan fingerprint density at radius 3 is 2.67 bits per heavy atom. The second-order valence-electron chi connectivity index (χ2n) is 7.15. The van der Waals surface area contributed by atoms with Gasteiger partial charge in [-0.25, -0.2) is 4.68 Å². The molecule has 4 rings (SSSR count). The molecule has 5 nitrogen and oxygen atoms in total. The minimum Gasteiger partial charge on any atom is -0.309 e. The summed E-state index contributed by atoms with van der Waals surface area (Å²) in [6, 6.07) is 5.64. The number of carbonyl (C=O) groups excluding carboxylic acids is 1. The number of carbonyl (C=O) groups is 1. The number of fused-ring (bicyclic) bond motifs is 1. The van der Waals surface area contributed by atoms with Crippen LogP contribution in [0.3, 0.4) is 0 Å². The van der Waals surface area contributed by atoms with Gasteiger partial charge >= 0.3 is 0 Å². The summed E-state index contributed by atoms with van der Waals surface area (Å²) in [6.45, 7) is 0. The van der Waals surface area contributed by atoms with Gasteiger partial charge in [-0.3, -0.25) is 9.78 Å². The highest BCUT2D eigenvalue weighted by atomic mass is 16.2. The van der Waals surface area contributed by atoms with Crippen molar-refractivity contribution in [2.45, 2.75) is 44.9 Å². The third kappa shape index (κ3) is 3.21. The molecule has 2 aliphatic rings. The second kappa shape index (κ2) is 6.75. The average Bonchev–Trinajstić information content (AvgIpc) is 3.10. The first-order valence-electron chi connectivity index (χ1n) is 9.06. The summed E-state index contributed by atoms with van der Waals surface area (Å²) in [4.78, 5) is 16.6. The van der Waals surface area contributed by atoms with Gasteiger partial charge in [0.1, 0.15) is 0 Å². The van der Waals surface area contributed by atoms with E-state index in [1.54, 1.807) is 17.1 Å². The zero-order chi connectivity index (χ0) is 16.4. The van der Waals surface area contributed by atoms with Crippen LogP contribution in [0.1, 0.15) is 44.9 Å². The predicted octanol–water partition coefficient (Wildman–Crippen LogP) is 3.81. The molecule has 0 saturated heterocycles. The average molecular weight is 324 g/mol. The van der Waals surface area contributed by atoms with E-state index in [-0.39, 0.29) is 11.8 Å². The van der Waals surface area contributed by atoms with Gasteiger partial charge in [0.2, 0.25) is 5.91 Å². The molecule has 2 saturated carbocycles. The largest absolute Gasteiger partial charge is 0.309 e. The summed E-state index contributed by atoms with van der Waals surface area (Å²) in [7, 11) is 0. The van der Waals surface area contributed by atoms with Crippen LogP contribution in [0.5, 0.6) is 0 Å². The molecule has 2 heterocycles. The predicted molar refractivity (Wildman–Crippen MR) is 92.8 cm³/mol. The Balaban J connectivity index is 1.39. The molecule has 0 aromatic carbocycles. The van der Waals surface area contributed by atoms with E-state index >= 15 is 0 Å². The van der Waals surface area contributed by atoms with E-state index in [4.69, 9.17) is 0 Å². The van der Waals surface area contributed by atoms with Crippen LogP contribution in [-0.2, 0) is 4.79 Å². The summed E-state index contributed by atoms with van der Waals surface area (Å²) >= 11 is 0. The Labute approximate surface area is 142 Å². The van der Waals surface area contributed by atoms with Crippen molar-refractivity contribution in [1.29, 1.82) is 0 Å². The number of amides is 1.